The summed E-state index contributed by atoms with van der Waals surface area (Å²) >= 11 is 0. The summed E-state index contributed by atoms with van der Waals surface area (Å²) in [5.74, 6) is 1.21. The lowest BCUT2D eigenvalue weighted by Crippen LogP contribution is -2.50. The van der Waals surface area contributed by atoms with Gasteiger partial charge in [0.15, 0.2) is 0 Å². The molecule has 1 aromatic rings. The van der Waals surface area contributed by atoms with Crippen LogP contribution in [-0.4, -0.2) is 65.2 Å². The van der Waals surface area contributed by atoms with Crippen molar-refractivity contribution in [2.24, 2.45) is 0 Å². The lowest BCUT2D eigenvalue weighted by molar-refractivity contribution is -0.132. The molecular weight excluding hydrogens is 280 g/mol. The molecule has 0 unspecified atom stereocenters. The molecule has 1 atom stereocenters. The number of methoxy groups -OCH3 is 1. The summed E-state index contributed by atoms with van der Waals surface area (Å²) in [4.78, 5) is 20.8. The average molecular weight is 308 g/mol. The second-order valence-electron chi connectivity index (χ2n) is 6.28. The molecule has 2 heterocycles. The van der Waals surface area contributed by atoms with Gasteiger partial charge < -0.3 is 14.2 Å². The van der Waals surface area contributed by atoms with Crippen molar-refractivity contribution in [1.29, 1.82) is 0 Å². The largest absolute Gasteiger partial charge is 0.383 e. The van der Waals surface area contributed by atoms with Gasteiger partial charge in [0.1, 0.15) is 5.82 Å². The van der Waals surface area contributed by atoms with Crippen LogP contribution in [0.2, 0.25) is 0 Å². The lowest BCUT2D eigenvalue weighted by Gasteiger charge is -2.38. The first-order chi connectivity index (χ1) is 10.5. The smallest absolute Gasteiger partial charge is 0.224 e. The molecule has 22 heavy (non-hydrogen) atoms. The fourth-order valence-corrected chi connectivity index (χ4v) is 3.31. The summed E-state index contributed by atoms with van der Waals surface area (Å²) in [6, 6.07) is 0. The molecular formula is C16H28N4O2. The number of likely N-dealkylation sites (tertiary alicyclic amines) is 1. The number of amides is 1. The second kappa shape index (κ2) is 7.24. The van der Waals surface area contributed by atoms with Crippen molar-refractivity contribution in [3.8, 4) is 0 Å². The van der Waals surface area contributed by atoms with Gasteiger partial charge in [-0.2, -0.15) is 0 Å². The van der Waals surface area contributed by atoms with Gasteiger partial charge in [-0.05, 0) is 26.3 Å². The zero-order valence-electron chi connectivity index (χ0n) is 14.2. The molecule has 0 saturated carbocycles. The van der Waals surface area contributed by atoms with Crippen LogP contribution in [0, 0.1) is 0 Å². The zero-order valence-corrected chi connectivity index (χ0v) is 14.2. The molecule has 0 aromatic carbocycles. The minimum atomic E-state index is -0.208. The molecule has 1 amide bonds. The van der Waals surface area contributed by atoms with Crippen molar-refractivity contribution in [3.05, 3.63) is 18.2 Å². The van der Waals surface area contributed by atoms with Crippen molar-refractivity contribution >= 4 is 5.91 Å². The molecule has 124 valence electrons. The maximum absolute atomic E-state index is 12.3. The minimum Gasteiger partial charge on any atom is -0.383 e. The van der Waals surface area contributed by atoms with Crippen LogP contribution in [0.5, 0.6) is 0 Å². The number of aromatic nitrogens is 2. The predicted octanol–water partition coefficient (Wildman–Crippen LogP) is 1.36. The summed E-state index contributed by atoms with van der Waals surface area (Å²) in [7, 11) is 5.34. The Balaban J connectivity index is 2.18. The van der Waals surface area contributed by atoms with Crippen molar-refractivity contribution < 1.29 is 9.53 Å². The highest BCUT2D eigenvalue weighted by molar-refractivity contribution is 5.77. The minimum absolute atomic E-state index is 0.155. The summed E-state index contributed by atoms with van der Waals surface area (Å²) in [5.41, 5.74) is -0.208. The van der Waals surface area contributed by atoms with Crippen LogP contribution in [0.1, 0.15) is 32.0 Å². The average Bonchev–Trinajstić information content (AvgIpc) is 3.07. The highest BCUT2D eigenvalue weighted by Gasteiger charge is 2.43. The van der Waals surface area contributed by atoms with Crippen LogP contribution in [-0.2, 0) is 22.6 Å². The van der Waals surface area contributed by atoms with Crippen molar-refractivity contribution in [3.63, 3.8) is 0 Å². The van der Waals surface area contributed by atoms with Gasteiger partial charge in [0.25, 0.3) is 0 Å². The molecule has 1 fully saturated rings. The normalized spacial score (nSPS) is 22.2. The van der Waals surface area contributed by atoms with Crippen LogP contribution in [0.25, 0.3) is 0 Å². The van der Waals surface area contributed by atoms with Crippen LogP contribution in [0.4, 0.5) is 0 Å². The molecule has 6 nitrogen and oxygen atoms in total. The van der Waals surface area contributed by atoms with Crippen LogP contribution < -0.4 is 0 Å². The first kappa shape index (κ1) is 17.0. The van der Waals surface area contributed by atoms with E-state index >= 15 is 0 Å². The van der Waals surface area contributed by atoms with Gasteiger partial charge in [0, 0.05) is 46.6 Å². The van der Waals surface area contributed by atoms with E-state index in [2.05, 4.69) is 21.4 Å². The molecule has 0 spiro atoms. The number of aryl methyl sites for hydroxylation is 1. The quantitative estimate of drug-likeness (QED) is 0.763. The predicted molar refractivity (Wildman–Crippen MR) is 85.5 cm³/mol. The Labute approximate surface area is 133 Å². The fourth-order valence-electron chi connectivity index (χ4n) is 3.31. The number of nitrogens with zero attached hydrogens (tertiary/aromatic N) is 4. The molecule has 2 rings (SSSR count). The summed E-state index contributed by atoms with van der Waals surface area (Å²) in [6.45, 7) is 5.37. The molecule has 0 bridgehead atoms. The highest BCUT2D eigenvalue weighted by atomic mass is 16.5. The molecule has 1 aromatic heterocycles. The fraction of sp³-hybridized carbons (Fsp3) is 0.750. The Morgan fingerprint density at radius 3 is 2.91 bits per heavy atom. The molecule has 1 saturated heterocycles. The van der Waals surface area contributed by atoms with Gasteiger partial charge in [0.05, 0.1) is 18.7 Å². The van der Waals surface area contributed by atoms with E-state index in [0.717, 1.165) is 38.3 Å². The van der Waals surface area contributed by atoms with E-state index in [-0.39, 0.29) is 11.4 Å². The number of hydrogen-bond acceptors (Lipinski definition) is 4. The van der Waals surface area contributed by atoms with E-state index in [9.17, 15) is 4.79 Å². The number of ether oxygens (including phenoxy) is 1. The molecule has 0 aliphatic carbocycles. The standard InChI is InChI=1S/C16H28N4O2/c1-5-19-10-8-17-14(19)12-20-9-6-7-16(20,13-22-4)11-15(21)18(2)3/h8,10H,5-7,9,11-13H2,1-4H3/t16-/m1/s1. The first-order valence-corrected chi connectivity index (χ1v) is 7.96. The van der Waals surface area contributed by atoms with E-state index in [1.165, 1.54) is 0 Å². The van der Waals surface area contributed by atoms with Gasteiger partial charge in [-0.1, -0.05) is 0 Å². The summed E-state index contributed by atoms with van der Waals surface area (Å²) in [5, 5.41) is 0. The number of carbonyl (C=O) groups is 1. The monoisotopic (exact) mass is 308 g/mol. The third-order valence-corrected chi connectivity index (χ3v) is 4.61. The maximum Gasteiger partial charge on any atom is 0.224 e. The summed E-state index contributed by atoms with van der Waals surface area (Å²) in [6.07, 6.45) is 6.44. The first-order valence-electron chi connectivity index (χ1n) is 7.96. The summed E-state index contributed by atoms with van der Waals surface area (Å²) < 4.78 is 7.63. The van der Waals surface area contributed by atoms with Gasteiger partial charge in [-0.25, -0.2) is 4.98 Å². The van der Waals surface area contributed by atoms with E-state index in [4.69, 9.17) is 4.74 Å². The third kappa shape index (κ3) is 3.50. The van der Waals surface area contributed by atoms with Crippen LogP contribution >= 0.6 is 0 Å². The van der Waals surface area contributed by atoms with Crippen LogP contribution in [0.15, 0.2) is 12.4 Å². The number of rotatable bonds is 7. The Kier molecular flexibility index (Phi) is 5.58. The van der Waals surface area contributed by atoms with E-state index in [1.54, 1.807) is 12.0 Å². The maximum atomic E-state index is 12.3. The molecule has 1 aliphatic heterocycles. The number of hydrogen-bond donors (Lipinski definition) is 0. The van der Waals surface area contributed by atoms with Crippen molar-refractivity contribution in [1.82, 2.24) is 19.4 Å². The Bertz CT molecular complexity index is 500. The zero-order chi connectivity index (χ0) is 16.2. The van der Waals surface area contributed by atoms with Gasteiger partial charge >= 0.3 is 0 Å². The molecule has 0 radical (unpaired) electrons. The Hall–Kier alpha value is -1.40. The number of imidazole rings is 1. The third-order valence-electron chi connectivity index (χ3n) is 4.61. The Morgan fingerprint density at radius 2 is 2.27 bits per heavy atom. The van der Waals surface area contributed by atoms with Gasteiger partial charge in [-0.3, -0.25) is 9.69 Å². The van der Waals surface area contributed by atoms with Crippen LogP contribution in [0.3, 0.4) is 0 Å². The van der Waals surface area contributed by atoms with Gasteiger partial charge in [0.2, 0.25) is 5.91 Å². The van der Waals surface area contributed by atoms with E-state index < -0.39 is 0 Å². The van der Waals surface area contributed by atoms with Crippen molar-refractivity contribution in [2.45, 2.75) is 44.8 Å². The van der Waals surface area contributed by atoms with E-state index in [0.29, 0.717) is 13.0 Å². The molecule has 6 heteroatoms. The highest BCUT2D eigenvalue weighted by Crippen LogP contribution is 2.34. The second-order valence-corrected chi connectivity index (χ2v) is 6.28. The topological polar surface area (TPSA) is 50.6 Å². The van der Waals surface area contributed by atoms with Crippen molar-refractivity contribution in [2.75, 3.05) is 34.4 Å². The lowest BCUT2D eigenvalue weighted by atomic mass is 9.92. The SMILES string of the molecule is CCn1ccnc1CN1CCC[C@]1(COC)CC(=O)N(C)C. The molecule has 1 aliphatic rings. The Morgan fingerprint density at radius 1 is 1.50 bits per heavy atom. The molecule has 0 N–H and O–H groups in total. The number of carbonyl (C=O) groups excluding carboxylic acids is 1. The van der Waals surface area contributed by atoms with Gasteiger partial charge in [-0.15, -0.1) is 0 Å². The van der Waals surface area contributed by atoms with E-state index in [1.807, 2.05) is 26.5 Å².